The average Bonchev–Trinajstić information content (AvgIpc) is 2.60. The molecule has 0 bridgehead atoms. The van der Waals surface area contributed by atoms with Gasteiger partial charge in [0, 0.05) is 31.5 Å². The molecule has 1 heterocycles. The first-order valence-corrected chi connectivity index (χ1v) is 8.75. The van der Waals surface area contributed by atoms with Crippen LogP contribution in [0.25, 0.3) is 0 Å². The van der Waals surface area contributed by atoms with Crippen LogP contribution >= 0.6 is 0 Å². The lowest BCUT2D eigenvalue weighted by Gasteiger charge is -2.33. The zero-order valence-electron chi connectivity index (χ0n) is 14.0. The summed E-state index contributed by atoms with van der Waals surface area (Å²) in [5.41, 5.74) is 0. The maximum atomic E-state index is 12.2. The van der Waals surface area contributed by atoms with E-state index in [-0.39, 0.29) is 42.6 Å². The minimum atomic E-state index is -0.354. The molecule has 0 aromatic carbocycles. The maximum absolute atomic E-state index is 12.2. The van der Waals surface area contributed by atoms with Gasteiger partial charge in [0.1, 0.15) is 0 Å². The fourth-order valence-corrected chi connectivity index (χ4v) is 3.43. The number of hydrogen-bond donors (Lipinski definition) is 1. The Labute approximate surface area is 137 Å². The number of ether oxygens (including phenoxy) is 1. The van der Waals surface area contributed by atoms with Crippen LogP contribution in [0.5, 0.6) is 0 Å². The number of amides is 2. The summed E-state index contributed by atoms with van der Waals surface area (Å²) in [5, 5.41) is 3.16. The topological polar surface area (TPSA) is 75.7 Å². The standard InChI is InChI=1S/C17H28N2O4/c1-23-16(21)8-7-15(20)19-11-9-14(10-12-19)18-17(22)13-5-3-2-4-6-13/h13-14H,2-12H2,1H3,(H,18,22). The van der Waals surface area contributed by atoms with Crippen molar-refractivity contribution in [1.82, 2.24) is 10.2 Å². The summed E-state index contributed by atoms with van der Waals surface area (Å²) >= 11 is 0. The van der Waals surface area contributed by atoms with Crippen molar-refractivity contribution < 1.29 is 19.1 Å². The lowest BCUT2D eigenvalue weighted by atomic mass is 9.88. The number of likely N-dealkylation sites (tertiary alicyclic amines) is 1. The number of piperidine rings is 1. The van der Waals surface area contributed by atoms with Crippen LogP contribution in [0, 0.1) is 5.92 Å². The number of nitrogens with one attached hydrogen (secondary N) is 1. The molecule has 0 atom stereocenters. The molecule has 2 aliphatic rings. The van der Waals surface area contributed by atoms with E-state index in [4.69, 9.17) is 0 Å². The van der Waals surface area contributed by atoms with Gasteiger partial charge in [0.25, 0.3) is 0 Å². The van der Waals surface area contributed by atoms with Gasteiger partial charge in [0.15, 0.2) is 0 Å². The van der Waals surface area contributed by atoms with Crippen molar-refractivity contribution >= 4 is 17.8 Å². The lowest BCUT2D eigenvalue weighted by molar-refractivity contribution is -0.144. The third-order valence-electron chi connectivity index (χ3n) is 4.94. The Morgan fingerprint density at radius 2 is 1.65 bits per heavy atom. The number of carbonyl (C=O) groups excluding carboxylic acids is 3. The summed E-state index contributed by atoms with van der Waals surface area (Å²) in [6, 6.07) is 0.175. The van der Waals surface area contributed by atoms with Gasteiger partial charge in [-0.05, 0) is 25.7 Å². The zero-order chi connectivity index (χ0) is 16.7. The highest BCUT2D eigenvalue weighted by Gasteiger charge is 2.27. The highest BCUT2D eigenvalue weighted by atomic mass is 16.5. The molecule has 1 aliphatic heterocycles. The summed E-state index contributed by atoms with van der Waals surface area (Å²) in [6.07, 6.45) is 7.50. The van der Waals surface area contributed by atoms with Crippen LogP contribution < -0.4 is 5.32 Å². The number of rotatable bonds is 5. The minimum Gasteiger partial charge on any atom is -0.469 e. The molecule has 1 saturated carbocycles. The van der Waals surface area contributed by atoms with Crippen LogP contribution in [0.2, 0.25) is 0 Å². The predicted molar refractivity (Wildman–Crippen MR) is 85.6 cm³/mol. The first-order chi connectivity index (χ1) is 11.1. The van der Waals surface area contributed by atoms with E-state index in [1.807, 2.05) is 0 Å². The molecule has 1 aliphatic carbocycles. The van der Waals surface area contributed by atoms with Crippen molar-refractivity contribution in [3.63, 3.8) is 0 Å². The van der Waals surface area contributed by atoms with Crippen molar-refractivity contribution in [2.45, 2.75) is 63.8 Å². The number of hydrogen-bond acceptors (Lipinski definition) is 4. The summed E-state index contributed by atoms with van der Waals surface area (Å²) in [6.45, 7) is 1.30. The monoisotopic (exact) mass is 324 g/mol. The molecule has 0 aromatic heterocycles. The highest BCUT2D eigenvalue weighted by molar-refractivity contribution is 5.81. The highest BCUT2D eigenvalue weighted by Crippen LogP contribution is 2.24. The van der Waals surface area contributed by atoms with Crippen molar-refractivity contribution in [1.29, 1.82) is 0 Å². The van der Waals surface area contributed by atoms with E-state index in [0.717, 1.165) is 38.5 Å². The molecule has 2 amide bonds. The van der Waals surface area contributed by atoms with E-state index >= 15 is 0 Å². The van der Waals surface area contributed by atoms with Crippen molar-refractivity contribution in [2.75, 3.05) is 20.2 Å². The van der Waals surface area contributed by atoms with Gasteiger partial charge < -0.3 is 15.0 Å². The fourth-order valence-electron chi connectivity index (χ4n) is 3.43. The molecule has 130 valence electrons. The van der Waals surface area contributed by atoms with Crippen LogP contribution in [-0.2, 0) is 19.1 Å². The van der Waals surface area contributed by atoms with Crippen molar-refractivity contribution in [3.05, 3.63) is 0 Å². The fraction of sp³-hybridized carbons (Fsp3) is 0.824. The number of nitrogens with zero attached hydrogens (tertiary/aromatic N) is 1. The predicted octanol–water partition coefficient (Wildman–Crippen LogP) is 1.63. The largest absolute Gasteiger partial charge is 0.469 e. The Morgan fingerprint density at radius 1 is 1.00 bits per heavy atom. The van der Waals surface area contributed by atoms with E-state index in [2.05, 4.69) is 10.1 Å². The number of methoxy groups -OCH3 is 1. The Balaban J connectivity index is 1.67. The molecule has 6 heteroatoms. The minimum absolute atomic E-state index is 0.00698. The van der Waals surface area contributed by atoms with Gasteiger partial charge in [-0.1, -0.05) is 19.3 Å². The molecule has 2 fully saturated rings. The number of esters is 1. The lowest BCUT2D eigenvalue weighted by Crippen LogP contribution is -2.48. The molecule has 6 nitrogen and oxygen atoms in total. The van der Waals surface area contributed by atoms with Gasteiger partial charge in [-0.15, -0.1) is 0 Å². The SMILES string of the molecule is COC(=O)CCC(=O)N1CCC(NC(=O)C2CCCCC2)CC1. The van der Waals surface area contributed by atoms with Crippen molar-refractivity contribution in [2.24, 2.45) is 5.92 Å². The van der Waals surface area contributed by atoms with Crippen LogP contribution in [0.3, 0.4) is 0 Å². The van der Waals surface area contributed by atoms with Gasteiger partial charge >= 0.3 is 5.97 Å². The van der Waals surface area contributed by atoms with Gasteiger partial charge in [-0.3, -0.25) is 14.4 Å². The molecular weight excluding hydrogens is 296 g/mol. The summed E-state index contributed by atoms with van der Waals surface area (Å²) < 4.78 is 4.55. The second-order valence-corrected chi connectivity index (χ2v) is 6.57. The first-order valence-electron chi connectivity index (χ1n) is 8.75. The summed E-state index contributed by atoms with van der Waals surface area (Å²) in [5.74, 6) is 0.0177. The Morgan fingerprint density at radius 3 is 2.26 bits per heavy atom. The van der Waals surface area contributed by atoms with Gasteiger partial charge in [0.2, 0.25) is 11.8 Å². The van der Waals surface area contributed by atoms with Crippen molar-refractivity contribution in [3.8, 4) is 0 Å². The normalized spacial score (nSPS) is 20.1. The Hall–Kier alpha value is -1.59. The molecule has 2 rings (SSSR count). The summed E-state index contributed by atoms with van der Waals surface area (Å²) in [7, 11) is 1.33. The Bertz CT molecular complexity index is 424. The maximum Gasteiger partial charge on any atom is 0.306 e. The van der Waals surface area contributed by atoms with E-state index in [1.165, 1.54) is 13.5 Å². The molecule has 0 unspecified atom stereocenters. The second-order valence-electron chi connectivity index (χ2n) is 6.57. The van der Waals surface area contributed by atoms with Crippen LogP contribution in [0.4, 0.5) is 0 Å². The van der Waals surface area contributed by atoms with Crippen LogP contribution in [0.1, 0.15) is 57.8 Å². The van der Waals surface area contributed by atoms with E-state index < -0.39 is 0 Å². The van der Waals surface area contributed by atoms with E-state index in [9.17, 15) is 14.4 Å². The molecule has 0 radical (unpaired) electrons. The average molecular weight is 324 g/mol. The third-order valence-corrected chi connectivity index (χ3v) is 4.94. The number of carbonyl (C=O) groups is 3. The molecular formula is C17H28N2O4. The molecule has 1 saturated heterocycles. The van der Waals surface area contributed by atoms with Crippen LogP contribution in [-0.4, -0.2) is 48.9 Å². The van der Waals surface area contributed by atoms with E-state index in [0.29, 0.717) is 13.1 Å². The smallest absolute Gasteiger partial charge is 0.306 e. The first kappa shape index (κ1) is 17.8. The molecule has 0 spiro atoms. The second kappa shape index (κ2) is 8.89. The van der Waals surface area contributed by atoms with Crippen LogP contribution in [0.15, 0.2) is 0 Å². The molecule has 1 N–H and O–H groups in total. The quantitative estimate of drug-likeness (QED) is 0.780. The Kier molecular flexibility index (Phi) is 6.86. The van der Waals surface area contributed by atoms with Gasteiger partial charge in [-0.25, -0.2) is 0 Å². The zero-order valence-corrected chi connectivity index (χ0v) is 14.0. The third kappa shape index (κ3) is 5.52. The van der Waals surface area contributed by atoms with Gasteiger partial charge in [0.05, 0.1) is 13.5 Å². The molecule has 23 heavy (non-hydrogen) atoms. The van der Waals surface area contributed by atoms with Gasteiger partial charge in [-0.2, -0.15) is 0 Å². The van der Waals surface area contributed by atoms with E-state index in [1.54, 1.807) is 4.90 Å². The summed E-state index contributed by atoms with van der Waals surface area (Å²) in [4.78, 5) is 37.1. The molecule has 0 aromatic rings.